The lowest BCUT2D eigenvalue weighted by atomic mass is 10.2. The number of phenols is 1. The predicted octanol–water partition coefficient (Wildman–Crippen LogP) is 5.26. The van der Waals surface area contributed by atoms with Crippen LogP contribution in [0.1, 0.15) is 13.0 Å². The van der Waals surface area contributed by atoms with Crippen LogP contribution in [0.5, 0.6) is 34.5 Å². The Kier molecular flexibility index (Phi) is 19.7. The van der Waals surface area contributed by atoms with Crippen LogP contribution in [0.25, 0.3) is 0 Å². The summed E-state index contributed by atoms with van der Waals surface area (Å²) in [6, 6.07) is 18.5. The summed E-state index contributed by atoms with van der Waals surface area (Å²) in [5.74, 6) is 1.60. The summed E-state index contributed by atoms with van der Waals surface area (Å²) in [5, 5.41) is 49.2. The highest BCUT2D eigenvalue weighted by molar-refractivity contribution is 7.86. The molecule has 7 rings (SSSR count). The molecule has 0 radical (unpaired) electrons. The number of phenolic OH excluding ortho intramolecular Hbond substituents is 1. The minimum absolute atomic E-state index is 0. The van der Waals surface area contributed by atoms with Crippen molar-refractivity contribution < 1.29 is 70.7 Å². The minimum Gasteiger partial charge on any atom is -0.504 e. The molecule has 3 aliphatic heterocycles. The fourth-order valence-corrected chi connectivity index (χ4v) is 5.36. The summed E-state index contributed by atoms with van der Waals surface area (Å²) in [5.41, 5.74) is 0.826. The summed E-state index contributed by atoms with van der Waals surface area (Å²) in [4.78, 5) is 29.9. The third kappa shape index (κ3) is 15.6. The van der Waals surface area contributed by atoms with Gasteiger partial charge in [-0.2, -0.15) is 21.9 Å². The molecule has 3 heterocycles. The number of non-ortho nitro benzene ring substituents is 3. The molecule has 4 aromatic rings. The minimum atomic E-state index is -3.61. The van der Waals surface area contributed by atoms with Crippen molar-refractivity contribution in [1.82, 2.24) is 0 Å². The Morgan fingerprint density at radius 1 is 0.700 bits per heavy atom. The fourth-order valence-electron chi connectivity index (χ4n) is 4.43. The zero-order valence-corrected chi connectivity index (χ0v) is 33.5. The van der Waals surface area contributed by atoms with Gasteiger partial charge >= 0.3 is 0 Å². The first-order chi connectivity index (χ1) is 27.6. The molecule has 2 fully saturated rings. The molecule has 21 nitrogen and oxygen atoms in total. The van der Waals surface area contributed by atoms with Gasteiger partial charge in [0.2, 0.25) is 0 Å². The number of nitrogens with zero attached hydrogens (tertiary/aromatic N) is 3. The van der Waals surface area contributed by atoms with Crippen LogP contribution < -0.4 is 23.7 Å². The highest BCUT2D eigenvalue weighted by Gasteiger charge is 2.27. The number of benzene rings is 4. The molecule has 0 bridgehead atoms. The van der Waals surface area contributed by atoms with Crippen molar-refractivity contribution in [3.8, 4) is 34.5 Å². The van der Waals surface area contributed by atoms with Crippen LogP contribution >= 0.6 is 13.5 Å². The number of nitro benzene ring substituents is 3. The molecule has 0 amide bonds. The first-order valence-corrected chi connectivity index (χ1v) is 18.4. The zero-order chi connectivity index (χ0) is 42.4. The lowest BCUT2D eigenvalue weighted by Crippen LogP contribution is -2.32. The molecule has 2 N–H and O–H groups in total. The average molecular weight is 884 g/mol. The number of hydrogen-bond acceptors (Lipinski definition) is 18. The predicted molar refractivity (Wildman–Crippen MR) is 217 cm³/mol. The van der Waals surface area contributed by atoms with Crippen LogP contribution in [0.15, 0.2) is 83.8 Å². The smallest absolute Gasteiger partial charge is 0.297 e. The lowest BCUT2D eigenvalue weighted by molar-refractivity contribution is -0.385. The fraction of sp³-hybridized carbons (Fsp3) is 0.351. The van der Waals surface area contributed by atoms with E-state index in [1.165, 1.54) is 62.8 Å². The number of ether oxygens (including phenoxy) is 7. The summed E-state index contributed by atoms with van der Waals surface area (Å²) in [6.45, 7) is 3.81. The van der Waals surface area contributed by atoms with E-state index < -0.39 is 31.0 Å². The van der Waals surface area contributed by atoms with Gasteiger partial charge in [-0.1, -0.05) is 25.1 Å². The van der Waals surface area contributed by atoms with Crippen molar-refractivity contribution in [3.05, 3.63) is 115 Å². The molecule has 0 aliphatic carbocycles. The number of hydrogen-bond donors (Lipinski definition) is 2. The highest BCUT2D eigenvalue weighted by atomic mass is 32.2. The SMILES string of the molecule is C.COc1cc([N+](=O)[O-])ccc1O.COc1cc([N+](=O)[O-])ccc1OC[C@H]1CO1.Cc1ccc(S(=O)(=O)OC[C@H]2CO2)cc1.O=[N+]([O-])c1ccc2c(c1)O[C@@H](CO)CO2.S. The summed E-state index contributed by atoms with van der Waals surface area (Å²) >= 11 is 0. The Balaban J connectivity index is 0.000000274. The zero-order valence-electron chi connectivity index (χ0n) is 31.7. The number of aliphatic hydroxyl groups excluding tert-OH is 1. The summed E-state index contributed by atoms with van der Waals surface area (Å²) < 4.78 is 63.5. The molecular formula is C37H45N3O18S2. The molecule has 0 unspecified atom stereocenters. The summed E-state index contributed by atoms with van der Waals surface area (Å²) in [6.07, 6.45) is -0.371. The van der Waals surface area contributed by atoms with E-state index in [2.05, 4.69) is 4.74 Å². The molecule has 3 atom stereocenters. The Morgan fingerprint density at radius 3 is 1.75 bits per heavy atom. The van der Waals surface area contributed by atoms with E-state index in [0.29, 0.717) is 42.8 Å². The molecular weight excluding hydrogens is 839 g/mol. The number of fused-ring (bicyclic) bond motifs is 1. The first-order valence-electron chi connectivity index (χ1n) is 17.0. The molecule has 2 saturated heterocycles. The number of rotatable bonds is 13. The average Bonchev–Trinajstić information content (AvgIpc) is 4.16. The van der Waals surface area contributed by atoms with E-state index >= 15 is 0 Å². The van der Waals surface area contributed by atoms with E-state index in [1.807, 2.05) is 6.92 Å². The summed E-state index contributed by atoms with van der Waals surface area (Å²) in [7, 11) is -0.836. The third-order valence-electron chi connectivity index (χ3n) is 7.74. The van der Waals surface area contributed by atoms with Crippen molar-refractivity contribution in [2.45, 2.75) is 37.6 Å². The van der Waals surface area contributed by atoms with Gasteiger partial charge in [-0.15, -0.1) is 0 Å². The van der Waals surface area contributed by atoms with Gasteiger partial charge in [0.15, 0.2) is 40.6 Å². The van der Waals surface area contributed by atoms with Crippen LogP contribution in [0.3, 0.4) is 0 Å². The van der Waals surface area contributed by atoms with Gasteiger partial charge < -0.3 is 43.4 Å². The molecule has 0 saturated carbocycles. The van der Waals surface area contributed by atoms with Gasteiger partial charge in [-0.3, -0.25) is 34.5 Å². The second kappa shape index (κ2) is 23.6. The molecule has 23 heteroatoms. The number of aryl methyl sites for hydroxylation is 1. The van der Waals surface area contributed by atoms with Gasteiger partial charge in [0, 0.05) is 18.2 Å². The van der Waals surface area contributed by atoms with E-state index in [9.17, 15) is 38.8 Å². The highest BCUT2D eigenvalue weighted by Crippen LogP contribution is 2.35. The number of aromatic hydroxyl groups is 1. The van der Waals surface area contributed by atoms with Crippen LogP contribution in [0, 0.1) is 37.3 Å². The van der Waals surface area contributed by atoms with Crippen molar-refractivity contribution in [2.24, 2.45) is 0 Å². The van der Waals surface area contributed by atoms with E-state index in [4.69, 9.17) is 42.8 Å². The van der Waals surface area contributed by atoms with E-state index in [0.717, 1.165) is 11.6 Å². The topological polar surface area (TPSA) is 284 Å². The number of epoxide rings is 2. The largest absolute Gasteiger partial charge is 0.504 e. The molecule has 0 spiro atoms. The Morgan fingerprint density at radius 2 is 1.22 bits per heavy atom. The maximum atomic E-state index is 11.6. The van der Waals surface area contributed by atoms with Gasteiger partial charge in [0.1, 0.15) is 25.4 Å². The van der Waals surface area contributed by atoms with Crippen LogP contribution in [0.4, 0.5) is 17.1 Å². The maximum absolute atomic E-state index is 11.6. The van der Waals surface area contributed by atoms with Crippen molar-refractivity contribution >= 4 is 40.7 Å². The molecule has 3 aliphatic rings. The van der Waals surface area contributed by atoms with Crippen molar-refractivity contribution in [3.63, 3.8) is 0 Å². The molecule has 60 heavy (non-hydrogen) atoms. The third-order valence-corrected chi connectivity index (χ3v) is 9.04. The second-order valence-electron chi connectivity index (χ2n) is 12.1. The monoisotopic (exact) mass is 883 g/mol. The van der Waals surface area contributed by atoms with Gasteiger partial charge in [-0.05, 0) is 37.3 Å². The van der Waals surface area contributed by atoms with Crippen LogP contribution in [-0.4, -0.2) is 106 Å². The molecule has 328 valence electrons. The van der Waals surface area contributed by atoms with E-state index in [-0.39, 0.29) is 86.4 Å². The number of nitro groups is 3. The Bertz CT molecular complexity index is 2150. The van der Waals surface area contributed by atoms with Crippen LogP contribution in [0.2, 0.25) is 0 Å². The van der Waals surface area contributed by atoms with Gasteiger partial charge in [-0.25, -0.2) is 0 Å². The Hall–Kier alpha value is -5.98. The van der Waals surface area contributed by atoms with E-state index in [1.54, 1.807) is 24.3 Å². The maximum Gasteiger partial charge on any atom is 0.297 e. The molecule has 0 aromatic heterocycles. The van der Waals surface area contributed by atoms with Gasteiger partial charge in [0.25, 0.3) is 27.2 Å². The Labute approximate surface area is 351 Å². The quantitative estimate of drug-likeness (QED) is 0.0749. The lowest BCUT2D eigenvalue weighted by Gasteiger charge is -2.24. The normalized spacial score (nSPS) is 16.4. The second-order valence-corrected chi connectivity index (χ2v) is 13.7. The van der Waals surface area contributed by atoms with Crippen molar-refractivity contribution in [2.75, 3.05) is 53.9 Å². The standard InChI is InChI=1S/C10H11NO5.C10H12O4S.C9H9NO5.C7H7NO4.CH4.H2S/c1-14-10-4-7(11(12)13)2-3-9(10)16-6-8-5-15-8;1-8-2-4-10(5-3-8)15(11,12)14-7-9-6-13-9;11-4-7-5-14-8-2-1-6(10(12)13)3-9(8)15-7;1-12-7-4-5(8(10)11)2-3-6(7)9;;/h2-4,8H,5-6H2,1H3;2-5,9H,6-7H2,1H3;1-3,7,11H,4-5H2;2-4,9H,1H3;1H4;1H2/t8-;9-;7-;;;/m110.../s1. The number of methoxy groups -OCH3 is 2. The van der Waals surface area contributed by atoms with Crippen LogP contribution in [-0.2, 0) is 23.8 Å². The first kappa shape index (κ1) is 50.2. The molecule has 4 aromatic carbocycles. The van der Waals surface area contributed by atoms with Crippen molar-refractivity contribution in [1.29, 1.82) is 0 Å². The van der Waals surface area contributed by atoms with Gasteiger partial charge in [0.05, 0.1) is 78.5 Å². The number of aliphatic hydroxyl groups is 1.